The van der Waals surface area contributed by atoms with Gasteiger partial charge < -0.3 is 15.0 Å². The van der Waals surface area contributed by atoms with Crippen LogP contribution in [0.4, 0.5) is 15.8 Å². The fourth-order valence-electron chi connectivity index (χ4n) is 3.02. The first-order valence-electron chi connectivity index (χ1n) is 7.71. The van der Waals surface area contributed by atoms with Crippen LogP contribution >= 0.6 is 0 Å². The predicted octanol–water partition coefficient (Wildman–Crippen LogP) is 2.93. The van der Waals surface area contributed by atoms with Crippen molar-refractivity contribution in [1.29, 1.82) is 0 Å². The summed E-state index contributed by atoms with van der Waals surface area (Å²) in [6.07, 6.45) is 4.74. The average Bonchev–Trinajstić information content (AvgIpc) is 3.03. The van der Waals surface area contributed by atoms with Crippen LogP contribution < -0.4 is 10.2 Å². The van der Waals surface area contributed by atoms with E-state index < -0.39 is 6.10 Å². The molecule has 2 aliphatic heterocycles. The molecule has 0 saturated carbocycles. The fraction of sp³-hybridized carbons (Fsp3) is 0.562. The lowest BCUT2D eigenvalue weighted by molar-refractivity contribution is -0.124. The van der Waals surface area contributed by atoms with Gasteiger partial charge in [0, 0.05) is 19.7 Å². The number of nitrogens with one attached hydrogen (secondary N) is 1. The van der Waals surface area contributed by atoms with E-state index in [-0.39, 0.29) is 11.7 Å². The quantitative estimate of drug-likeness (QED) is 0.931. The first-order valence-corrected chi connectivity index (χ1v) is 7.71. The van der Waals surface area contributed by atoms with Crippen molar-refractivity contribution in [2.45, 2.75) is 38.2 Å². The fourth-order valence-corrected chi connectivity index (χ4v) is 3.02. The number of rotatable bonds is 3. The van der Waals surface area contributed by atoms with E-state index in [1.165, 1.54) is 18.6 Å². The van der Waals surface area contributed by atoms with Gasteiger partial charge in [-0.3, -0.25) is 4.79 Å². The molecule has 4 nitrogen and oxygen atoms in total. The normalized spacial score (nSPS) is 22.3. The van der Waals surface area contributed by atoms with Gasteiger partial charge in [-0.25, -0.2) is 4.39 Å². The second-order valence-corrected chi connectivity index (χ2v) is 5.70. The second-order valence-electron chi connectivity index (χ2n) is 5.70. The van der Waals surface area contributed by atoms with E-state index in [0.29, 0.717) is 12.3 Å². The number of piperidine rings is 1. The lowest BCUT2D eigenvalue weighted by Gasteiger charge is -2.30. The number of hydrogen-bond donors (Lipinski definition) is 1. The van der Waals surface area contributed by atoms with Crippen LogP contribution in [0.1, 0.15) is 32.1 Å². The molecule has 0 unspecified atom stereocenters. The molecule has 1 amide bonds. The second kappa shape index (κ2) is 6.43. The van der Waals surface area contributed by atoms with Crippen molar-refractivity contribution in [1.82, 2.24) is 0 Å². The van der Waals surface area contributed by atoms with Crippen molar-refractivity contribution in [2.24, 2.45) is 0 Å². The smallest absolute Gasteiger partial charge is 0.253 e. The summed E-state index contributed by atoms with van der Waals surface area (Å²) in [5, 5.41) is 2.84. The van der Waals surface area contributed by atoms with Crippen LogP contribution in [0.2, 0.25) is 0 Å². The highest BCUT2D eigenvalue weighted by Gasteiger charge is 2.25. The van der Waals surface area contributed by atoms with Gasteiger partial charge in [0.1, 0.15) is 11.9 Å². The van der Waals surface area contributed by atoms with Crippen LogP contribution in [0.25, 0.3) is 0 Å². The highest BCUT2D eigenvalue weighted by molar-refractivity contribution is 5.97. The van der Waals surface area contributed by atoms with Gasteiger partial charge in [-0.15, -0.1) is 0 Å². The third-order valence-electron chi connectivity index (χ3n) is 4.14. The van der Waals surface area contributed by atoms with Crippen molar-refractivity contribution in [2.75, 3.05) is 29.9 Å². The molecule has 2 aliphatic rings. The molecule has 0 bridgehead atoms. The van der Waals surface area contributed by atoms with Crippen LogP contribution in [0.15, 0.2) is 18.2 Å². The molecule has 21 heavy (non-hydrogen) atoms. The van der Waals surface area contributed by atoms with Gasteiger partial charge in [0.05, 0.1) is 11.4 Å². The molecule has 2 heterocycles. The molecule has 2 fully saturated rings. The minimum absolute atomic E-state index is 0.170. The van der Waals surface area contributed by atoms with Crippen molar-refractivity contribution < 1.29 is 13.9 Å². The Morgan fingerprint density at radius 3 is 2.76 bits per heavy atom. The molecule has 1 atom stereocenters. The first-order chi connectivity index (χ1) is 10.2. The van der Waals surface area contributed by atoms with E-state index in [4.69, 9.17) is 4.74 Å². The number of benzene rings is 1. The number of hydrogen-bond acceptors (Lipinski definition) is 3. The Morgan fingerprint density at radius 2 is 2.05 bits per heavy atom. The standard InChI is InChI=1S/C16H21FN2O2/c17-12-6-7-14(19-8-2-1-3-9-19)13(11-12)18-16(20)15-5-4-10-21-15/h6-7,11,15H,1-5,8-10H2,(H,18,20)/t15-/m1/s1. The topological polar surface area (TPSA) is 41.6 Å². The highest BCUT2D eigenvalue weighted by atomic mass is 19.1. The zero-order valence-electron chi connectivity index (χ0n) is 12.1. The molecular formula is C16H21FN2O2. The molecule has 0 aromatic heterocycles. The van der Waals surface area contributed by atoms with Gasteiger partial charge in [0.2, 0.25) is 0 Å². The van der Waals surface area contributed by atoms with Crippen molar-refractivity contribution >= 4 is 17.3 Å². The molecule has 1 N–H and O–H groups in total. The monoisotopic (exact) mass is 292 g/mol. The molecule has 2 saturated heterocycles. The zero-order chi connectivity index (χ0) is 14.7. The van der Waals surface area contributed by atoms with Gasteiger partial charge in [-0.05, 0) is 50.3 Å². The Kier molecular flexibility index (Phi) is 4.39. The predicted molar refractivity (Wildman–Crippen MR) is 80.1 cm³/mol. The Balaban J connectivity index is 1.78. The van der Waals surface area contributed by atoms with Crippen LogP contribution in [-0.2, 0) is 9.53 Å². The van der Waals surface area contributed by atoms with Gasteiger partial charge in [-0.1, -0.05) is 0 Å². The first kappa shape index (κ1) is 14.3. The highest BCUT2D eigenvalue weighted by Crippen LogP contribution is 2.30. The summed E-state index contributed by atoms with van der Waals surface area (Å²) in [4.78, 5) is 14.4. The zero-order valence-corrected chi connectivity index (χ0v) is 12.1. The molecule has 3 rings (SSSR count). The van der Waals surface area contributed by atoms with Gasteiger partial charge >= 0.3 is 0 Å². The summed E-state index contributed by atoms with van der Waals surface area (Å²) in [6, 6.07) is 4.61. The van der Waals surface area contributed by atoms with E-state index in [9.17, 15) is 9.18 Å². The van der Waals surface area contributed by atoms with E-state index in [1.54, 1.807) is 6.07 Å². The third-order valence-corrected chi connectivity index (χ3v) is 4.14. The van der Waals surface area contributed by atoms with Gasteiger partial charge in [-0.2, -0.15) is 0 Å². The summed E-state index contributed by atoms with van der Waals surface area (Å²) in [5.41, 5.74) is 1.46. The maximum Gasteiger partial charge on any atom is 0.253 e. The Labute approximate surface area is 124 Å². The molecular weight excluding hydrogens is 271 g/mol. The lowest BCUT2D eigenvalue weighted by Crippen LogP contribution is -2.32. The lowest BCUT2D eigenvalue weighted by atomic mass is 10.1. The summed E-state index contributed by atoms with van der Waals surface area (Å²) in [5.74, 6) is -0.505. The van der Waals surface area contributed by atoms with E-state index >= 15 is 0 Å². The van der Waals surface area contributed by atoms with Crippen molar-refractivity contribution in [3.8, 4) is 0 Å². The average molecular weight is 292 g/mol. The molecule has 1 aromatic carbocycles. The molecule has 0 aliphatic carbocycles. The van der Waals surface area contributed by atoms with Crippen LogP contribution in [0.5, 0.6) is 0 Å². The number of halogens is 1. The van der Waals surface area contributed by atoms with Crippen molar-refractivity contribution in [3.05, 3.63) is 24.0 Å². The Bertz CT molecular complexity index is 509. The number of nitrogens with zero attached hydrogens (tertiary/aromatic N) is 1. The SMILES string of the molecule is O=C(Nc1cc(F)ccc1N1CCCCC1)[C@H]1CCCO1. The number of amides is 1. The summed E-state index contributed by atoms with van der Waals surface area (Å²) < 4.78 is 18.9. The van der Waals surface area contributed by atoms with Crippen LogP contribution in [0.3, 0.4) is 0 Å². The maximum atomic E-state index is 13.5. The van der Waals surface area contributed by atoms with E-state index in [1.807, 2.05) is 0 Å². The molecule has 114 valence electrons. The molecule has 5 heteroatoms. The number of ether oxygens (including phenoxy) is 1. The molecule has 0 radical (unpaired) electrons. The largest absolute Gasteiger partial charge is 0.370 e. The summed E-state index contributed by atoms with van der Waals surface area (Å²) in [6.45, 7) is 2.53. The van der Waals surface area contributed by atoms with E-state index in [0.717, 1.165) is 44.5 Å². The number of anilines is 2. The molecule has 0 spiro atoms. The van der Waals surface area contributed by atoms with Crippen molar-refractivity contribution in [3.63, 3.8) is 0 Å². The summed E-state index contributed by atoms with van der Waals surface area (Å²) in [7, 11) is 0. The number of carbonyl (C=O) groups is 1. The number of carbonyl (C=O) groups excluding carboxylic acids is 1. The minimum Gasteiger partial charge on any atom is -0.370 e. The van der Waals surface area contributed by atoms with Gasteiger partial charge in [0.15, 0.2) is 0 Å². The summed E-state index contributed by atoms with van der Waals surface area (Å²) >= 11 is 0. The minimum atomic E-state index is -0.400. The van der Waals surface area contributed by atoms with Crippen LogP contribution in [-0.4, -0.2) is 31.7 Å². The third kappa shape index (κ3) is 3.35. The Morgan fingerprint density at radius 1 is 1.24 bits per heavy atom. The van der Waals surface area contributed by atoms with Gasteiger partial charge in [0.25, 0.3) is 5.91 Å². The maximum absolute atomic E-state index is 13.5. The molecule has 1 aromatic rings. The van der Waals surface area contributed by atoms with Crippen LogP contribution in [0, 0.1) is 5.82 Å². The van der Waals surface area contributed by atoms with E-state index in [2.05, 4.69) is 10.2 Å². The Hall–Kier alpha value is -1.62.